The van der Waals surface area contributed by atoms with Gasteiger partial charge in [-0.2, -0.15) is 13.2 Å². The number of aliphatic hydroxyl groups excluding tert-OH is 2. The highest BCUT2D eigenvalue weighted by Crippen LogP contribution is 2.34. The molecule has 196 valence electrons. The van der Waals surface area contributed by atoms with Gasteiger partial charge in [-0.15, -0.1) is 0 Å². The van der Waals surface area contributed by atoms with Crippen molar-refractivity contribution >= 4 is 17.2 Å². The van der Waals surface area contributed by atoms with Crippen LogP contribution in [0.3, 0.4) is 0 Å². The second-order valence-corrected chi connectivity index (χ2v) is 10.2. The number of aldehydes is 1. The van der Waals surface area contributed by atoms with Gasteiger partial charge in [-0.25, -0.2) is 0 Å². The molecular weight excluding hydrogens is 471 g/mol. The minimum atomic E-state index is -4.54. The summed E-state index contributed by atoms with van der Waals surface area (Å²) >= 11 is 0. The van der Waals surface area contributed by atoms with E-state index in [2.05, 4.69) is 31.1 Å². The van der Waals surface area contributed by atoms with E-state index in [1.807, 2.05) is 18.0 Å². The molecule has 0 amide bonds. The maximum absolute atomic E-state index is 13.2. The number of hydrogen-bond acceptors (Lipinski definition) is 5. The fourth-order valence-corrected chi connectivity index (χ4v) is 4.07. The van der Waals surface area contributed by atoms with Crippen molar-refractivity contribution in [3.8, 4) is 11.1 Å². The molecule has 2 heterocycles. The summed E-state index contributed by atoms with van der Waals surface area (Å²) in [5.74, 6) is 0. The van der Waals surface area contributed by atoms with Gasteiger partial charge in [-0.05, 0) is 81.8 Å². The Balaban J connectivity index is 0.000000538. The van der Waals surface area contributed by atoms with Gasteiger partial charge in [0.2, 0.25) is 0 Å². The molecule has 1 fully saturated rings. The van der Waals surface area contributed by atoms with Crippen LogP contribution in [-0.4, -0.2) is 64.3 Å². The Kier molecular flexibility index (Phi) is 8.61. The van der Waals surface area contributed by atoms with E-state index in [1.165, 1.54) is 6.07 Å². The number of halogens is 3. The molecule has 0 spiro atoms. The van der Waals surface area contributed by atoms with Crippen LogP contribution in [0.1, 0.15) is 48.8 Å². The molecular formula is C27H34F3N3O3. The van der Waals surface area contributed by atoms with E-state index in [1.54, 1.807) is 18.2 Å². The molecule has 4 rings (SSSR count). The highest BCUT2D eigenvalue weighted by atomic mass is 19.4. The molecule has 1 aromatic heterocycles. The van der Waals surface area contributed by atoms with E-state index < -0.39 is 17.8 Å². The molecule has 2 aromatic carbocycles. The Morgan fingerprint density at radius 2 is 1.81 bits per heavy atom. The third-order valence-electron chi connectivity index (χ3n) is 6.27. The van der Waals surface area contributed by atoms with E-state index in [-0.39, 0.29) is 18.2 Å². The van der Waals surface area contributed by atoms with E-state index in [0.29, 0.717) is 42.5 Å². The average Bonchev–Trinajstić information content (AvgIpc) is 3.39. The lowest BCUT2D eigenvalue weighted by atomic mass is 9.99. The SMILES string of the molecule is CNC(C)(C)C.O=Cc1cc(-c2ccc3[nH]c(CN4CC(O)CC4CO)cc3c2)cc(C(F)(F)F)c1. The number of carbonyl (C=O) groups is 1. The van der Waals surface area contributed by atoms with Crippen LogP contribution in [0.15, 0.2) is 42.5 Å². The first-order valence-electron chi connectivity index (χ1n) is 11.8. The van der Waals surface area contributed by atoms with Gasteiger partial charge < -0.3 is 20.5 Å². The van der Waals surface area contributed by atoms with Gasteiger partial charge in [0.15, 0.2) is 0 Å². The molecule has 0 bridgehead atoms. The standard InChI is InChI=1S/C22H21F3N2O3.C5H13N/c23-22(24,25)17-4-13(11-28)3-15(6-17)14-1-2-21-16(5-14)7-18(26-21)9-27-10-20(30)8-19(27)12-29;1-5(2,3)6-4/h1-7,11,19-20,26,29-30H,8-10,12H2;6H,1-4H3. The molecule has 3 aromatic rings. The number of aliphatic hydroxyl groups is 2. The summed E-state index contributed by atoms with van der Waals surface area (Å²) in [4.78, 5) is 16.4. The molecule has 1 saturated heterocycles. The molecule has 2 atom stereocenters. The Hall–Kier alpha value is -2.72. The van der Waals surface area contributed by atoms with E-state index in [4.69, 9.17) is 0 Å². The molecule has 2 unspecified atom stereocenters. The maximum Gasteiger partial charge on any atom is 0.416 e. The van der Waals surface area contributed by atoms with Crippen LogP contribution in [0.25, 0.3) is 22.0 Å². The number of alkyl halides is 3. The smallest absolute Gasteiger partial charge is 0.395 e. The van der Waals surface area contributed by atoms with Crippen LogP contribution in [0.4, 0.5) is 13.2 Å². The molecule has 6 nitrogen and oxygen atoms in total. The van der Waals surface area contributed by atoms with Crippen molar-refractivity contribution in [1.29, 1.82) is 0 Å². The average molecular weight is 506 g/mol. The molecule has 0 saturated carbocycles. The normalized spacial score (nSPS) is 18.8. The molecule has 4 N–H and O–H groups in total. The van der Waals surface area contributed by atoms with Crippen LogP contribution in [0.5, 0.6) is 0 Å². The first-order chi connectivity index (χ1) is 16.8. The Morgan fingerprint density at radius 3 is 2.39 bits per heavy atom. The van der Waals surface area contributed by atoms with Gasteiger partial charge >= 0.3 is 6.18 Å². The van der Waals surface area contributed by atoms with Gasteiger partial charge in [0, 0.05) is 46.8 Å². The van der Waals surface area contributed by atoms with Crippen molar-refractivity contribution in [2.75, 3.05) is 20.2 Å². The second-order valence-electron chi connectivity index (χ2n) is 10.2. The Morgan fingerprint density at radius 1 is 1.11 bits per heavy atom. The quantitative estimate of drug-likeness (QED) is 0.381. The minimum absolute atomic E-state index is 0.0303. The number of carbonyl (C=O) groups excluding carboxylic acids is 1. The Bertz CT molecular complexity index is 1180. The van der Waals surface area contributed by atoms with Crippen LogP contribution in [0.2, 0.25) is 0 Å². The summed E-state index contributed by atoms with van der Waals surface area (Å²) in [6, 6.07) is 10.4. The number of likely N-dealkylation sites (tertiary alicyclic amines) is 1. The number of aromatic nitrogens is 1. The van der Waals surface area contributed by atoms with Crippen molar-refractivity contribution in [1.82, 2.24) is 15.2 Å². The second kappa shape index (κ2) is 11.1. The lowest BCUT2D eigenvalue weighted by molar-refractivity contribution is -0.137. The Labute approximate surface area is 209 Å². The van der Waals surface area contributed by atoms with Crippen molar-refractivity contribution in [2.45, 2.75) is 57.6 Å². The number of nitrogens with zero attached hydrogens (tertiary/aromatic N) is 1. The molecule has 9 heteroatoms. The largest absolute Gasteiger partial charge is 0.416 e. The number of hydrogen-bond donors (Lipinski definition) is 4. The van der Waals surface area contributed by atoms with Crippen molar-refractivity contribution in [3.05, 3.63) is 59.3 Å². The van der Waals surface area contributed by atoms with Gasteiger partial charge in [-0.1, -0.05) is 6.07 Å². The third kappa shape index (κ3) is 7.16. The van der Waals surface area contributed by atoms with Gasteiger partial charge in [0.1, 0.15) is 6.29 Å². The van der Waals surface area contributed by atoms with Crippen LogP contribution < -0.4 is 5.32 Å². The molecule has 36 heavy (non-hydrogen) atoms. The topological polar surface area (TPSA) is 88.6 Å². The van der Waals surface area contributed by atoms with E-state index in [0.717, 1.165) is 28.7 Å². The predicted octanol–water partition coefficient (Wildman–Crippen LogP) is 4.60. The van der Waals surface area contributed by atoms with Crippen LogP contribution >= 0.6 is 0 Å². The highest BCUT2D eigenvalue weighted by molar-refractivity contribution is 5.87. The molecule has 0 aliphatic carbocycles. The number of benzene rings is 2. The highest BCUT2D eigenvalue weighted by Gasteiger charge is 2.32. The summed E-state index contributed by atoms with van der Waals surface area (Å²) in [5.41, 5.74) is 2.01. The maximum atomic E-state index is 13.2. The van der Waals surface area contributed by atoms with Crippen molar-refractivity contribution in [2.24, 2.45) is 0 Å². The monoisotopic (exact) mass is 505 g/mol. The summed E-state index contributed by atoms with van der Waals surface area (Å²) in [5, 5.41) is 23.3. The van der Waals surface area contributed by atoms with Gasteiger partial charge in [-0.3, -0.25) is 9.69 Å². The van der Waals surface area contributed by atoms with E-state index >= 15 is 0 Å². The molecule has 1 aliphatic rings. The first-order valence-corrected chi connectivity index (χ1v) is 11.8. The fourth-order valence-electron chi connectivity index (χ4n) is 4.07. The number of nitrogens with one attached hydrogen (secondary N) is 2. The van der Waals surface area contributed by atoms with Gasteiger partial charge in [0.05, 0.1) is 18.3 Å². The molecule has 1 aliphatic heterocycles. The number of rotatable bonds is 5. The zero-order valence-corrected chi connectivity index (χ0v) is 21.0. The number of β-amino-alcohol motifs (C(OH)–C–C–N with tert-alkyl or cyclic N) is 1. The first kappa shape index (κ1) is 27.9. The summed E-state index contributed by atoms with van der Waals surface area (Å²) < 4.78 is 39.5. The molecule has 0 radical (unpaired) electrons. The summed E-state index contributed by atoms with van der Waals surface area (Å²) in [6.45, 7) is 7.36. The zero-order chi connectivity index (χ0) is 26.7. The number of H-pyrrole nitrogens is 1. The van der Waals surface area contributed by atoms with Crippen LogP contribution in [-0.2, 0) is 12.7 Å². The number of fused-ring (bicyclic) bond motifs is 1. The minimum Gasteiger partial charge on any atom is -0.395 e. The lowest BCUT2D eigenvalue weighted by Gasteiger charge is -2.21. The zero-order valence-electron chi connectivity index (χ0n) is 21.0. The summed E-state index contributed by atoms with van der Waals surface area (Å²) in [6.07, 6.45) is -4.07. The number of aromatic amines is 1. The third-order valence-corrected chi connectivity index (χ3v) is 6.27. The van der Waals surface area contributed by atoms with Crippen LogP contribution in [0, 0.1) is 0 Å². The van der Waals surface area contributed by atoms with Crippen molar-refractivity contribution in [3.63, 3.8) is 0 Å². The van der Waals surface area contributed by atoms with Gasteiger partial charge in [0.25, 0.3) is 0 Å². The fraction of sp³-hybridized carbons (Fsp3) is 0.444. The van der Waals surface area contributed by atoms with Crippen molar-refractivity contribution < 1.29 is 28.2 Å². The summed E-state index contributed by atoms with van der Waals surface area (Å²) in [7, 11) is 1.96. The predicted molar refractivity (Wildman–Crippen MR) is 135 cm³/mol. The van der Waals surface area contributed by atoms with E-state index in [9.17, 15) is 28.2 Å². The lowest BCUT2D eigenvalue weighted by Crippen LogP contribution is -2.31.